The predicted octanol–water partition coefficient (Wildman–Crippen LogP) is 7.66. The number of thiazole rings is 1. The first-order valence-electron chi connectivity index (χ1n) is 29.9. The zero-order valence-corrected chi connectivity index (χ0v) is 52.9. The number of anilines is 1. The zero-order valence-electron chi connectivity index (χ0n) is 51.2. The van der Waals surface area contributed by atoms with Gasteiger partial charge in [-0.25, -0.2) is 9.37 Å². The Bertz CT molecular complexity index is 3770. The lowest BCUT2D eigenvalue weighted by Crippen LogP contribution is -2.57. The van der Waals surface area contributed by atoms with Gasteiger partial charge in [0.2, 0.25) is 41.0 Å². The topological polar surface area (TPSA) is 302 Å². The Morgan fingerprint density at radius 1 is 0.944 bits per heavy atom. The van der Waals surface area contributed by atoms with Gasteiger partial charge >= 0.3 is 0 Å². The van der Waals surface area contributed by atoms with E-state index in [9.17, 15) is 48.0 Å². The summed E-state index contributed by atoms with van der Waals surface area (Å²) in [5, 5.41) is 22.9. The van der Waals surface area contributed by atoms with Crippen molar-refractivity contribution in [3.05, 3.63) is 135 Å². The van der Waals surface area contributed by atoms with E-state index in [4.69, 9.17) is 15.0 Å². The number of hydrogen-bond donors (Lipinski definition) is 7. The van der Waals surface area contributed by atoms with Gasteiger partial charge in [-0.15, -0.1) is 11.3 Å². The number of aliphatic hydroxyl groups is 1. The van der Waals surface area contributed by atoms with Gasteiger partial charge in [-0.05, 0) is 129 Å². The molecule has 7 amide bonds. The maximum absolute atomic E-state index is 16.5. The van der Waals surface area contributed by atoms with E-state index in [1.165, 1.54) is 40.7 Å². The minimum absolute atomic E-state index is 0.00593. The number of carbonyl (C=O) groups excluding carboxylic acids is 8. The molecule has 0 bridgehead atoms. The Morgan fingerprint density at radius 2 is 1.67 bits per heavy atom. The van der Waals surface area contributed by atoms with Gasteiger partial charge in [-0.3, -0.25) is 47.8 Å². The van der Waals surface area contributed by atoms with E-state index in [-0.39, 0.29) is 93.7 Å². The molecule has 1 unspecified atom stereocenters. The maximum Gasteiger partial charge on any atom is 0.268 e. The molecule has 1 fully saturated rings. The quantitative estimate of drug-likeness (QED) is 0.0287. The van der Waals surface area contributed by atoms with Crippen LogP contribution in [0.3, 0.4) is 0 Å². The van der Waals surface area contributed by atoms with Crippen molar-refractivity contribution in [3.63, 3.8) is 0 Å². The van der Waals surface area contributed by atoms with Gasteiger partial charge in [-0.2, -0.15) is 0 Å². The number of amides is 7. The molecule has 0 aliphatic carbocycles. The zero-order chi connectivity index (χ0) is 64.2. The highest BCUT2D eigenvalue weighted by Crippen LogP contribution is 2.46. The van der Waals surface area contributed by atoms with Crippen molar-refractivity contribution in [2.24, 2.45) is 11.1 Å². The van der Waals surface area contributed by atoms with Crippen LogP contribution in [0.5, 0.6) is 5.75 Å². The number of nitrogens with zero attached hydrogens (tertiary/aromatic N) is 3. The summed E-state index contributed by atoms with van der Waals surface area (Å²) >= 11 is 1.54. The van der Waals surface area contributed by atoms with Crippen LogP contribution in [0.1, 0.15) is 134 Å². The van der Waals surface area contributed by atoms with E-state index < -0.39 is 108 Å². The molecule has 0 spiro atoms. The largest absolute Gasteiger partial charge is 0.488 e. The van der Waals surface area contributed by atoms with Crippen LogP contribution < -0.4 is 36.6 Å². The Kier molecular flexibility index (Phi) is 20.1. The molecule has 0 radical (unpaired) electrons. The molecule has 4 aromatic carbocycles. The molecule has 472 valence electrons. The van der Waals surface area contributed by atoms with Gasteiger partial charge in [0, 0.05) is 55.4 Å². The van der Waals surface area contributed by atoms with Crippen LogP contribution in [0, 0.1) is 25.1 Å². The highest BCUT2D eigenvalue weighted by atomic mass is 32.1. The number of H-pyrrole nitrogens is 1. The molecule has 2 aromatic heterocycles. The predicted molar refractivity (Wildman–Crippen MR) is 335 cm³/mol. The monoisotopic (exact) mass is 1260 g/mol. The molecule has 8 atom stereocenters. The molecule has 8 N–H and O–H groups in total. The summed E-state index contributed by atoms with van der Waals surface area (Å²) in [6, 6.07) is 17.0. The molecular weight excluding hydrogens is 1180 g/mol. The smallest absolute Gasteiger partial charge is 0.268 e. The first kappa shape index (κ1) is 65.3. The molecule has 24 heteroatoms. The summed E-state index contributed by atoms with van der Waals surface area (Å²) in [5.74, 6) is -4.64. The first-order valence-corrected chi connectivity index (χ1v) is 32.9. The fraction of sp³-hybridized carbons (Fsp3) is 0.431. The number of para-hydroxylation sites is 1. The molecule has 3 aliphatic heterocycles. The van der Waals surface area contributed by atoms with Crippen LogP contribution >= 0.6 is 18.7 Å². The van der Waals surface area contributed by atoms with E-state index in [1.807, 2.05) is 56.3 Å². The van der Waals surface area contributed by atoms with E-state index in [0.717, 1.165) is 32.8 Å². The molecule has 9 rings (SSSR count). The number of β-amino-alcohol motifs (C(OH)–C–C–N with tert-alkyl or cyclic N) is 1. The minimum Gasteiger partial charge on any atom is -0.488 e. The van der Waals surface area contributed by atoms with Crippen molar-refractivity contribution in [1.82, 2.24) is 36.1 Å². The average Bonchev–Trinajstić information content (AvgIpc) is 2.15. The van der Waals surface area contributed by atoms with Crippen molar-refractivity contribution in [2.75, 3.05) is 31.3 Å². The lowest BCUT2D eigenvalue weighted by molar-refractivity contribution is -0.144. The Hall–Kier alpha value is -8.11. The van der Waals surface area contributed by atoms with Crippen molar-refractivity contribution in [2.45, 2.75) is 149 Å². The summed E-state index contributed by atoms with van der Waals surface area (Å²) < 4.78 is 40.7. The fourth-order valence-electron chi connectivity index (χ4n) is 11.9. The Morgan fingerprint density at radius 3 is 2.37 bits per heavy atom. The molecule has 1 saturated heterocycles. The van der Waals surface area contributed by atoms with E-state index in [1.54, 1.807) is 63.6 Å². The van der Waals surface area contributed by atoms with Crippen molar-refractivity contribution >= 4 is 82.2 Å². The normalized spacial score (nSPS) is 18.9. The maximum atomic E-state index is 16.5. The molecular formula is C65H77FN9O12PS. The van der Waals surface area contributed by atoms with Gasteiger partial charge in [-0.1, -0.05) is 69.3 Å². The number of aromatic nitrogens is 2. The second kappa shape index (κ2) is 27.3. The lowest BCUT2D eigenvalue weighted by Gasteiger charge is -2.35. The van der Waals surface area contributed by atoms with Crippen molar-refractivity contribution < 1.29 is 61.7 Å². The van der Waals surface area contributed by atoms with Gasteiger partial charge in [0.05, 0.1) is 46.6 Å². The highest BCUT2D eigenvalue weighted by Gasteiger charge is 2.46. The van der Waals surface area contributed by atoms with Crippen LogP contribution in [0.4, 0.5) is 10.1 Å². The third-order valence-corrected chi connectivity index (χ3v) is 19.3. The van der Waals surface area contributed by atoms with Gasteiger partial charge < -0.3 is 51.3 Å². The lowest BCUT2D eigenvalue weighted by atomic mass is 9.85. The summed E-state index contributed by atoms with van der Waals surface area (Å²) in [7, 11) is -3.61. The molecule has 0 saturated carbocycles. The first-order chi connectivity index (χ1) is 42.2. The molecule has 3 aliphatic rings. The van der Waals surface area contributed by atoms with Crippen molar-refractivity contribution in [3.8, 4) is 16.2 Å². The fourth-order valence-corrected chi connectivity index (χ4v) is 14.0. The summed E-state index contributed by atoms with van der Waals surface area (Å²) in [4.78, 5) is 121. The molecule has 21 nitrogen and oxygen atoms in total. The Balaban J connectivity index is 0.814. The van der Waals surface area contributed by atoms with E-state index >= 15 is 4.39 Å². The second-order valence-electron chi connectivity index (χ2n) is 24.5. The number of nitrogens with one attached hydrogen (secondary N) is 5. The number of hydrogen-bond acceptors (Lipinski definition) is 14. The number of carbonyl (C=O) groups is 8. The van der Waals surface area contributed by atoms with Gasteiger partial charge in [0.15, 0.2) is 11.6 Å². The third-order valence-electron chi connectivity index (χ3n) is 16.6. The summed E-state index contributed by atoms with van der Waals surface area (Å²) in [6.45, 7) is 13.5. The van der Waals surface area contributed by atoms with Crippen molar-refractivity contribution in [1.29, 1.82) is 0 Å². The number of likely N-dealkylation sites (tertiary alicyclic amines) is 1. The number of aryl methyl sites for hydroxylation is 4. The summed E-state index contributed by atoms with van der Waals surface area (Å²) in [6.07, 6.45) is -0.188. The van der Waals surface area contributed by atoms with Gasteiger partial charge in [0.1, 0.15) is 36.5 Å². The van der Waals surface area contributed by atoms with Crippen LogP contribution in [0.2, 0.25) is 0 Å². The summed E-state index contributed by atoms with van der Waals surface area (Å²) in [5.41, 5.74) is 12.4. The van der Waals surface area contributed by atoms with Crippen LogP contribution in [-0.4, -0.2) is 130 Å². The minimum atomic E-state index is -3.61. The third kappa shape index (κ3) is 15.0. The van der Waals surface area contributed by atoms with Gasteiger partial charge in [0.25, 0.3) is 13.3 Å². The van der Waals surface area contributed by atoms with E-state index in [2.05, 4.69) is 31.2 Å². The number of benzene rings is 4. The molecule has 5 heterocycles. The number of primary amides is 1. The number of halogens is 1. The SMILES string of the molecule is CCOP(C)(=O)C(=O)c1ccc2[nH]c(C(=O)N[C@H]3CCc4cccc5c4N(C3=O)[C@H](C(=O)N[C@@H](CCC(N)=O)COc3cc(C)cc(CCCC(=O)N[C@H](C(=O)N4C[C@H](O)C[C@H]4C(=O)N[C@@H](C)c4ccc(-c6scnc6C)cc4)C(C)(C)C)c3F)C5)cc2c1. The second-order valence-corrected chi connectivity index (χ2v) is 27.7. The van der Waals surface area contributed by atoms with Crippen LogP contribution in [-0.2, 0) is 57.1 Å². The standard InChI is InChI=1S/C65H77FN9O12PS/c1-9-87-88(8,85)64(84)43-21-23-47-44(28-43)29-49(71-47)59(79)72-48-24-20-39-12-10-14-42-30-51(75(56(39)42)62(48)82)61(81)70-45(22-25-53(67)77)33-86-52-27-35(2)26-41(55(52)66)13-11-15-54(78)73-58(65(5,6)7)63(83)74-32-46(76)31-50(74)60(80)69-36(3)38-16-18-40(19-17-38)57-37(4)68-34-89-57/h10,12,14,16-19,21,23,26-29,34,36,45-46,48,50-51,58,71,76H,9,11,13,15,20,22,24-25,30-33H2,1-8H3,(H2,67,77)(H,69,80)(H,70,81)(H,72,79)(H,73,78)/t36-,45-,46+,48-,50-,51-,58+,88?/m0/s1. The molecule has 89 heavy (non-hydrogen) atoms. The number of aromatic amines is 1. The number of ether oxygens (including phenoxy) is 1. The number of aliphatic hydroxyl groups excluding tert-OH is 1. The number of nitrogens with two attached hydrogens (primary N) is 1. The molecule has 6 aromatic rings. The van der Waals surface area contributed by atoms with Crippen LogP contribution in [0.15, 0.2) is 84.4 Å². The Labute approximate surface area is 519 Å². The average molecular weight is 1260 g/mol. The van der Waals surface area contributed by atoms with E-state index in [0.29, 0.717) is 28.6 Å². The number of fused-ring (bicyclic) bond motifs is 1. The number of rotatable bonds is 24. The van der Waals surface area contributed by atoms with Crippen LogP contribution in [0.25, 0.3) is 21.3 Å². The highest BCUT2D eigenvalue weighted by molar-refractivity contribution is 7.76.